The number of aliphatic hydroxyl groups is 1. The maximum absolute atomic E-state index is 10.5. The topological polar surface area (TPSA) is 29.5 Å². The fourth-order valence-electron chi connectivity index (χ4n) is 3.83. The van der Waals surface area contributed by atoms with Crippen LogP contribution < -0.4 is 4.74 Å². The lowest BCUT2D eigenvalue weighted by atomic mass is 9.70. The van der Waals surface area contributed by atoms with E-state index >= 15 is 0 Å². The second kappa shape index (κ2) is 5.23. The zero-order valence-electron chi connectivity index (χ0n) is 12.2. The van der Waals surface area contributed by atoms with E-state index in [1.54, 1.807) is 0 Å². The third kappa shape index (κ3) is 2.56. The molecule has 3 heteroatoms. The smallest absolute Gasteiger partial charge is 0.126 e. The van der Waals surface area contributed by atoms with Gasteiger partial charge in [0, 0.05) is 17.0 Å². The molecule has 1 aromatic carbocycles. The van der Waals surface area contributed by atoms with E-state index in [9.17, 15) is 5.11 Å². The predicted molar refractivity (Wildman–Crippen MR) is 81.2 cm³/mol. The average Bonchev–Trinajstić information content (AvgIpc) is 2.40. The van der Waals surface area contributed by atoms with E-state index in [4.69, 9.17) is 16.3 Å². The van der Waals surface area contributed by atoms with Gasteiger partial charge >= 0.3 is 0 Å². The van der Waals surface area contributed by atoms with Crippen molar-refractivity contribution < 1.29 is 9.84 Å². The molecule has 3 atom stereocenters. The number of halogens is 1. The zero-order chi connectivity index (χ0) is 14.3. The molecule has 0 amide bonds. The third-order valence-electron chi connectivity index (χ3n) is 5.01. The van der Waals surface area contributed by atoms with Gasteiger partial charge in [0.2, 0.25) is 0 Å². The Kier molecular flexibility index (Phi) is 3.72. The summed E-state index contributed by atoms with van der Waals surface area (Å²) < 4.78 is 6.35. The Labute approximate surface area is 126 Å². The summed E-state index contributed by atoms with van der Waals surface area (Å²) in [6.45, 7) is 4.58. The monoisotopic (exact) mass is 294 g/mol. The van der Waals surface area contributed by atoms with Crippen molar-refractivity contribution in [2.24, 2.45) is 11.8 Å². The Morgan fingerprint density at radius 3 is 2.90 bits per heavy atom. The second-order valence-corrected chi connectivity index (χ2v) is 7.22. The van der Waals surface area contributed by atoms with Crippen LogP contribution in [0.2, 0.25) is 5.02 Å². The summed E-state index contributed by atoms with van der Waals surface area (Å²) in [7, 11) is 0. The van der Waals surface area contributed by atoms with Crippen LogP contribution in [0.15, 0.2) is 18.2 Å². The van der Waals surface area contributed by atoms with Gasteiger partial charge in [-0.1, -0.05) is 25.4 Å². The maximum Gasteiger partial charge on any atom is 0.126 e. The van der Waals surface area contributed by atoms with Crippen LogP contribution in [0.5, 0.6) is 5.75 Å². The molecule has 1 aromatic rings. The number of rotatable bonds is 1. The minimum Gasteiger partial charge on any atom is -0.487 e. The molecule has 1 N–H and O–H groups in total. The summed E-state index contributed by atoms with van der Waals surface area (Å²) >= 11 is 6.02. The van der Waals surface area contributed by atoms with E-state index in [-0.39, 0.29) is 5.60 Å². The molecule has 2 nitrogen and oxygen atoms in total. The zero-order valence-corrected chi connectivity index (χ0v) is 13.0. The van der Waals surface area contributed by atoms with Crippen molar-refractivity contribution in [2.75, 3.05) is 0 Å². The quantitative estimate of drug-likeness (QED) is 0.810. The van der Waals surface area contributed by atoms with E-state index in [1.807, 2.05) is 18.2 Å². The molecule has 110 valence electrons. The number of ether oxygens (including phenoxy) is 1. The lowest BCUT2D eigenvalue weighted by molar-refractivity contribution is -0.0572. The summed E-state index contributed by atoms with van der Waals surface area (Å²) in [6, 6.07) is 5.58. The summed E-state index contributed by atoms with van der Waals surface area (Å²) in [5.41, 5.74) is 0.669. The van der Waals surface area contributed by atoms with Gasteiger partial charge in [0.05, 0.1) is 6.10 Å². The Morgan fingerprint density at radius 1 is 1.35 bits per heavy atom. The van der Waals surface area contributed by atoms with Crippen molar-refractivity contribution in [2.45, 2.75) is 57.7 Å². The molecule has 1 heterocycles. The first kappa shape index (κ1) is 14.2. The predicted octanol–water partition coefficient (Wildman–Crippen LogP) is 4.74. The fraction of sp³-hybridized carbons (Fsp3) is 0.647. The van der Waals surface area contributed by atoms with Gasteiger partial charge in [-0.25, -0.2) is 0 Å². The molecule has 0 bridgehead atoms. The van der Waals surface area contributed by atoms with Crippen LogP contribution in [-0.2, 0) is 0 Å². The maximum atomic E-state index is 10.5. The van der Waals surface area contributed by atoms with Gasteiger partial charge in [-0.3, -0.25) is 0 Å². The molecule has 20 heavy (non-hydrogen) atoms. The van der Waals surface area contributed by atoms with Gasteiger partial charge in [0.1, 0.15) is 11.4 Å². The highest BCUT2D eigenvalue weighted by molar-refractivity contribution is 6.30. The highest BCUT2D eigenvalue weighted by Gasteiger charge is 2.44. The Balaban J connectivity index is 1.88. The van der Waals surface area contributed by atoms with Crippen molar-refractivity contribution in [3.63, 3.8) is 0 Å². The van der Waals surface area contributed by atoms with Crippen molar-refractivity contribution in [3.05, 3.63) is 28.8 Å². The second-order valence-electron chi connectivity index (χ2n) is 6.79. The molecule has 3 rings (SSSR count). The highest BCUT2D eigenvalue weighted by atomic mass is 35.5. The van der Waals surface area contributed by atoms with E-state index < -0.39 is 6.10 Å². The van der Waals surface area contributed by atoms with Gasteiger partial charge in [-0.15, -0.1) is 0 Å². The normalized spacial score (nSPS) is 33.0. The van der Waals surface area contributed by atoms with Crippen molar-refractivity contribution in [1.29, 1.82) is 0 Å². The minimum absolute atomic E-state index is 0.173. The molecule has 0 radical (unpaired) electrons. The van der Waals surface area contributed by atoms with Crippen LogP contribution in [0.25, 0.3) is 0 Å². The molecule has 2 aliphatic rings. The van der Waals surface area contributed by atoms with Crippen molar-refractivity contribution >= 4 is 11.6 Å². The number of fused-ring (bicyclic) bond motifs is 1. The van der Waals surface area contributed by atoms with Crippen LogP contribution in [-0.4, -0.2) is 10.7 Å². The number of benzene rings is 1. The molecule has 1 aliphatic heterocycles. The van der Waals surface area contributed by atoms with Crippen LogP contribution in [0, 0.1) is 11.8 Å². The first-order valence-corrected chi connectivity index (χ1v) is 8.03. The van der Waals surface area contributed by atoms with Gasteiger partial charge in [-0.2, -0.15) is 0 Å². The number of hydrogen-bond donors (Lipinski definition) is 1. The van der Waals surface area contributed by atoms with Gasteiger partial charge in [0.25, 0.3) is 0 Å². The van der Waals surface area contributed by atoms with Crippen molar-refractivity contribution in [3.8, 4) is 5.75 Å². The Hall–Kier alpha value is -0.730. The first-order chi connectivity index (χ1) is 9.49. The average molecular weight is 295 g/mol. The van der Waals surface area contributed by atoms with E-state index in [1.165, 1.54) is 12.8 Å². The van der Waals surface area contributed by atoms with Crippen LogP contribution in [0.1, 0.15) is 57.6 Å². The fourth-order valence-corrected chi connectivity index (χ4v) is 4.01. The number of aliphatic hydroxyl groups excluding tert-OH is 1. The largest absolute Gasteiger partial charge is 0.487 e. The molecule has 1 aliphatic carbocycles. The van der Waals surface area contributed by atoms with E-state index in [0.717, 1.165) is 24.2 Å². The minimum atomic E-state index is -0.455. The lowest BCUT2D eigenvalue weighted by Crippen LogP contribution is -2.45. The number of hydrogen-bond acceptors (Lipinski definition) is 2. The van der Waals surface area contributed by atoms with Gasteiger partial charge < -0.3 is 9.84 Å². The highest BCUT2D eigenvalue weighted by Crippen LogP contribution is 2.49. The van der Waals surface area contributed by atoms with Crippen molar-refractivity contribution in [1.82, 2.24) is 0 Å². The SMILES string of the molecule is CC(C)C1CCCC2(C1)C[C@H](O)c1cc(Cl)ccc1O2. The van der Waals surface area contributed by atoms with Crippen LogP contribution >= 0.6 is 11.6 Å². The first-order valence-electron chi connectivity index (χ1n) is 7.66. The lowest BCUT2D eigenvalue weighted by Gasteiger charge is -2.46. The summed E-state index contributed by atoms with van der Waals surface area (Å²) in [4.78, 5) is 0. The van der Waals surface area contributed by atoms with E-state index in [0.29, 0.717) is 23.3 Å². The molecule has 0 saturated heterocycles. The summed E-state index contributed by atoms with van der Waals surface area (Å²) in [5.74, 6) is 2.20. The summed E-state index contributed by atoms with van der Waals surface area (Å²) in [5, 5.41) is 11.1. The Bertz CT molecular complexity index is 500. The summed E-state index contributed by atoms with van der Waals surface area (Å²) in [6.07, 6.45) is 4.83. The molecular weight excluding hydrogens is 272 g/mol. The van der Waals surface area contributed by atoms with Crippen LogP contribution in [0.4, 0.5) is 0 Å². The van der Waals surface area contributed by atoms with Gasteiger partial charge in [-0.05, 0) is 55.7 Å². The third-order valence-corrected chi connectivity index (χ3v) is 5.24. The van der Waals surface area contributed by atoms with E-state index in [2.05, 4.69) is 13.8 Å². The standard InChI is InChI=1S/C17H23ClO2/c1-11(2)12-4-3-7-17(9-12)10-15(19)14-8-13(18)5-6-16(14)20-17/h5-6,8,11-12,15,19H,3-4,7,9-10H2,1-2H3/t12?,15-,17?/m0/s1. The molecule has 1 spiro atoms. The van der Waals surface area contributed by atoms with Crippen LogP contribution in [0.3, 0.4) is 0 Å². The molecule has 1 fully saturated rings. The molecular formula is C17H23ClO2. The Morgan fingerprint density at radius 2 is 2.15 bits per heavy atom. The molecule has 0 aromatic heterocycles. The molecule has 2 unspecified atom stereocenters. The molecule has 1 saturated carbocycles. The van der Waals surface area contributed by atoms with Gasteiger partial charge in [0.15, 0.2) is 0 Å².